The maximum atomic E-state index is 4.82. The number of ether oxygens (including phenoxy) is 1. The van der Waals surface area contributed by atoms with Gasteiger partial charge >= 0.3 is 0 Å². The van der Waals surface area contributed by atoms with Crippen molar-refractivity contribution in [2.24, 2.45) is 0 Å². The molecule has 0 aliphatic carbocycles. The van der Waals surface area contributed by atoms with Crippen LogP contribution < -0.4 is 4.74 Å². The third-order valence-corrected chi connectivity index (χ3v) is 0.714. The first kappa shape index (κ1) is 4.97. The molecule has 1 aromatic rings. The zero-order chi connectivity index (χ0) is 5.82. The van der Waals surface area contributed by atoms with E-state index in [0.717, 1.165) is 0 Å². The van der Waals surface area contributed by atoms with Crippen molar-refractivity contribution in [3.8, 4) is 5.75 Å². The smallest absolute Gasteiger partial charge is 0.164 e. The van der Waals surface area contributed by atoms with Crippen LogP contribution in [0.1, 0.15) is 0 Å². The Hall–Kier alpha value is -1.18. The standard InChI is InChI=1S/C6H6O2/c1-2-8-6-3-4-7-5-6/h2-5H,1H2. The summed E-state index contributed by atoms with van der Waals surface area (Å²) in [6.45, 7) is 3.37. The highest BCUT2D eigenvalue weighted by molar-refractivity contribution is 5.13. The number of rotatable bonds is 2. The second-order valence-electron chi connectivity index (χ2n) is 1.24. The first-order valence-electron chi connectivity index (χ1n) is 2.23. The molecule has 8 heavy (non-hydrogen) atoms. The van der Waals surface area contributed by atoms with Crippen molar-refractivity contribution in [2.45, 2.75) is 0 Å². The van der Waals surface area contributed by atoms with E-state index in [1.807, 2.05) is 0 Å². The molecule has 1 rings (SSSR count). The van der Waals surface area contributed by atoms with E-state index in [4.69, 9.17) is 9.15 Å². The molecule has 0 atom stereocenters. The number of furan rings is 1. The third kappa shape index (κ3) is 0.904. The zero-order valence-electron chi connectivity index (χ0n) is 4.33. The Morgan fingerprint density at radius 1 is 1.75 bits per heavy atom. The lowest BCUT2D eigenvalue weighted by Crippen LogP contribution is -1.72. The molecule has 0 saturated carbocycles. The van der Waals surface area contributed by atoms with Crippen molar-refractivity contribution in [3.05, 3.63) is 31.4 Å². The summed E-state index contributed by atoms with van der Waals surface area (Å²) in [5, 5.41) is 0. The largest absolute Gasteiger partial charge is 0.469 e. The molecule has 42 valence electrons. The Labute approximate surface area is 47.4 Å². The molecule has 0 N–H and O–H groups in total. The van der Waals surface area contributed by atoms with Gasteiger partial charge in [0.15, 0.2) is 5.75 Å². The molecule has 0 aromatic carbocycles. The summed E-state index contributed by atoms with van der Waals surface area (Å²) in [6.07, 6.45) is 4.39. The molecule has 1 aromatic heterocycles. The molecule has 0 bridgehead atoms. The molecular formula is C6H6O2. The Kier molecular flexibility index (Phi) is 1.37. The SMILES string of the molecule is C=COc1ccoc1. The summed E-state index contributed by atoms with van der Waals surface area (Å²) in [6, 6.07) is 1.71. The summed E-state index contributed by atoms with van der Waals surface area (Å²) in [5.74, 6) is 0.681. The summed E-state index contributed by atoms with van der Waals surface area (Å²) >= 11 is 0. The van der Waals surface area contributed by atoms with Crippen molar-refractivity contribution in [3.63, 3.8) is 0 Å². The monoisotopic (exact) mass is 110 g/mol. The van der Waals surface area contributed by atoms with Crippen LogP contribution in [0.15, 0.2) is 35.9 Å². The van der Waals surface area contributed by atoms with Gasteiger partial charge in [-0.3, -0.25) is 0 Å². The average Bonchev–Trinajstić information content (AvgIpc) is 2.19. The maximum Gasteiger partial charge on any atom is 0.164 e. The molecule has 1 heterocycles. The van der Waals surface area contributed by atoms with Crippen molar-refractivity contribution in [2.75, 3.05) is 0 Å². The van der Waals surface area contributed by atoms with Gasteiger partial charge in [0.05, 0.1) is 12.5 Å². The second-order valence-corrected chi connectivity index (χ2v) is 1.24. The Bertz CT molecular complexity index is 153. The van der Waals surface area contributed by atoms with Gasteiger partial charge in [-0.05, 0) is 0 Å². The van der Waals surface area contributed by atoms with Crippen LogP contribution in [-0.2, 0) is 0 Å². The van der Waals surface area contributed by atoms with Crippen molar-refractivity contribution < 1.29 is 9.15 Å². The minimum atomic E-state index is 0.681. The van der Waals surface area contributed by atoms with Gasteiger partial charge in [-0.1, -0.05) is 6.58 Å². The van der Waals surface area contributed by atoms with Gasteiger partial charge in [0.2, 0.25) is 0 Å². The first-order valence-corrected chi connectivity index (χ1v) is 2.23. The van der Waals surface area contributed by atoms with Crippen molar-refractivity contribution in [1.82, 2.24) is 0 Å². The molecule has 0 aliphatic heterocycles. The summed E-state index contributed by atoms with van der Waals surface area (Å²) < 4.78 is 9.51. The van der Waals surface area contributed by atoms with Crippen LogP contribution >= 0.6 is 0 Å². The molecule has 0 radical (unpaired) electrons. The minimum Gasteiger partial charge on any atom is -0.469 e. The summed E-state index contributed by atoms with van der Waals surface area (Å²) in [4.78, 5) is 0. The van der Waals surface area contributed by atoms with E-state index >= 15 is 0 Å². The molecule has 0 fully saturated rings. The zero-order valence-corrected chi connectivity index (χ0v) is 4.33. The van der Waals surface area contributed by atoms with E-state index in [1.54, 1.807) is 12.3 Å². The highest BCUT2D eigenvalue weighted by Crippen LogP contribution is 2.08. The first-order chi connectivity index (χ1) is 3.93. The van der Waals surface area contributed by atoms with E-state index in [0.29, 0.717) is 5.75 Å². The number of hydrogen-bond donors (Lipinski definition) is 0. The molecule has 0 spiro atoms. The van der Waals surface area contributed by atoms with Gasteiger partial charge in [0, 0.05) is 6.07 Å². The summed E-state index contributed by atoms with van der Waals surface area (Å²) in [7, 11) is 0. The van der Waals surface area contributed by atoms with Crippen molar-refractivity contribution >= 4 is 0 Å². The maximum absolute atomic E-state index is 4.82. The Morgan fingerprint density at radius 3 is 3.12 bits per heavy atom. The van der Waals surface area contributed by atoms with Crippen LogP contribution in [0.2, 0.25) is 0 Å². The molecule has 0 saturated heterocycles. The fraction of sp³-hybridized carbons (Fsp3) is 0. The van der Waals surface area contributed by atoms with Gasteiger partial charge in [-0.25, -0.2) is 0 Å². The molecule has 0 unspecified atom stereocenters. The molecular weight excluding hydrogens is 104 g/mol. The lowest BCUT2D eigenvalue weighted by atomic mass is 10.6. The average molecular weight is 110 g/mol. The fourth-order valence-corrected chi connectivity index (χ4v) is 0.415. The minimum absolute atomic E-state index is 0.681. The second kappa shape index (κ2) is 2.21. The Balaban J connectivity index is 2.62. The number of hydrogen-bond acceptors (Lipinski definition) is 2. The molecule has 2 heteroatoms. The van der Waals surface area contributed by atoms with Crippen LogP contribution in [0.4, 0.5) is 0 Å². The highest BCUT2D eigenvalue weighted by Gasteiger charge is 1.86. The van der Waals surface area contributed by atoms with E-state index in [-0.39, 0.29) is 0 Å². The van der Waals surface area contributed by atoms with Crippen LogP contribution in [-0.4, -0.2) is 0 Å². The third-order valence-electron chi connectivity index (χ3n) is 0.714. The fourth-order valence-electron chi connectivity index (χ4n) is 0.415. The highest BCUT2D eigenvalue weighted by atomic mass is 16.5. The van der Waals surface area contributed by atoms with Crippen LogP contribution in [0.25, 0.3) is 0 Å². The quantitative estimate of drug-likeness (QED) is 0.541. The lowest BCUT2D eigenvalue weighted by molar-refractivity contribution is 0.466. The van der Waals surface area contributed by atoms with E-state index < -0.39 is 0 Å². The molecule has 0 aliphatic rings. The van der Waals surface area contributed by atoms with E-state index in [9.17, 15) is 0 Å². The van der Waals surface area contributed by atoms with Gasteiger partial charge in [0.25, 0.3) is 0 Å². The van der Waals surface area contributed by atoms with Gasteiger partial charge < -0.3 is 9.15 Å². The van der Waals surface area contributed by atoms with Crippen LogP contribution in [0.5, 0.6) is 5.75 Å². The van der Waals surface area contributed by atoms with E-state index in [2.05, 4.69) is 6.58 Å². The normalized spacial score (nSPS) is 8.50. The van der Waals surface area contributed by atoms with Gasteiger partial charge in [-0.15, -0.1) is 0 Å². The van der Waals surface area contributed by atoms with Crippen molar-refractivity contribution in [1.29, 1.82) is 0 Å². The lowest BCUT2D eigenvalue weighted by Gasteiger charge is -1.87. The van der Waals surface area contributed by atoms with E-state index in [1.165, 1.54) is 12.5 Å². The Morgan fingerprint density at radius 2 is 2.62 bits per heavy atom. The predicted octanol–water partition coefficient (Wildman–Crippen LogP) is 1.80. The molecule has 0 amide bonds. The molecule has 2 nitrogen and oxygen atoms in total. The van der Waals surface area contributed by atoms with Gasteiger partial charge in [0.1, 0.15) is 6.26 Å². The summed E-state index contributed by atoms with van der Waals surface area (Å²) in [5.41, 5.74) is 0. The predicted molar refractivity (Wildman–Crippen MR) is 29.5 cm³/mol. The van der Waals surface area contributed by atoms with Gasteiger partial charge in [-0.2, -0.15) is 0 Å². The topological polar surface area (TPSA) is 22.4 Å². The van der Waals surface area contributed by atoms with Crippen LogP contribution in [0.3, 0.4) is 0 Å². The van der Waals surface area contributed by atoms with Crippen LogP contribution in [0, 0.1) is 0 Å².